The number of hydrogen-bond donors (Lipinski definition) is 1. The zero-order chi connectivity index (χ0) is 11.4. The van der Waals surface area contributed by atoms with Crippen molar-refractivity contribution in [1.82, 2.24) is 0 Å². The number of aliphatic hydroxyl groups is 1. The quantitative estimate of drug-likeness (QED) is 0.763. The molecule has 0 spiro atoms. The molecular formula is C12H17NO2. The first-order valence-corrected chi connectivity index (χ1v) is 4.99. The van der Waals surface area contributed by atoms with Crippen LogP contribution in [0.15, 0.2) is 18.2 Å². The summed E-state index contributed by atoms with van der Waals surface area (Å²) in [6.07, 6.45) is 0.850. The van der Waals surface area contributed by atoms with E-state index in [9.17, 15) is 4.79 Å². The lowest BCUT2D eigenvalue weighted by Gasteiger charge is -2.26. The van der Waals surface area contributed by atoms with E-state index in [1.165, 1.54) is 0 Å². The highest BCUT2D eigenvalue weighted by molar-refractivity contribution is 5.85. The highest BCUT2D eigenvalue weighted by Gasteiger charge is 2.12. The molecule has 0 aromatic heterocycles. The maximum absolute atomic E-state index is 10.9. The van der Waals surface area contributed by atoms with Crippen molar-refractivity contribution in [2.75, 3.05) is 18.6 Å². The Balaban J connectivity index is 3.07. The molecule has 0 aliphatic heterocycles. The summed E-state index contributed by atoms with van der Waals surface area (Å²) < 4.78 is 0. The van der Waals surface area contributed by atoms with Gasteiger partial charge in [-0.2, -0.15) is 0 Å². The van der Waals surface area contributed by atoms with E-state index in [4.69, 9.17) is 5.11 Å². The van der Waals surface area contributed by atoms with E-state index in [-0.39, 0.29) is 12.6 Å². The molecule has 0 radical (unpaired) electrons. The van der Waals surface area contributed by atoms with Crippen molar-refractivity contribution in [2.45, 2.75) is 19.9 Å². The maximum Gasteiger partial charge on any atom is 0.152 e. The molecule has 1 aromatic carbocycles. The van der Waals surface area contributed by atoms with Crippen molar-refractivity contribution < 1.29 is 9.90 Å². The number of anilines is 1. The number of aldehydes is 1. The monoisotopic (exact) mass is 207 g/mol. The van der Waals surface area contributed by atoms with Crippen molar-refractivity contribution in [3.05, 3.63) is 29.3 Å². The molecule has 0 aliphatic carbocycles. The standard InChI is InChI=1S/C12H17NO2/c1-9-4-5-12(11(6-9)8-15)13(3)10(2)7-14/h4-6,8,10,14H,7H2,1-3H3. The van der Waals surface area contributed by atoms with Gasteiger partial charge in [-0.15, -0.1) is 0 Å². The lowest BCUT2D eigenvalue weighted by atomic mass is 10.1. The van der Waals surface area contributed by atoms with Crippen LogP contribution in [-0.2, 0) is 0 Å². The molecule has 0 bridgehead atoms. The Morgan fingerprint density at radius 3 is 2.73 bits per heavy atom. The van der Waals surface area contributed by atoms with Crippen LogP contribution in [0, 0.1) is 6.92 Å². The first kappa shape index (κ1) is 11.7. The van der Waals surface area contributed by atoms with Crippen molar-refractivity contribution >= 4 is 12.0 Å². The van der Waals surface area contributed by atoms with E-state index < -0.39 is 0 Å². The highest BCUT2D eigenvalue weighted by atomic mass is 16.3. The van der Waals surface area contributed by atoms with Gasteiger partial charge in [-0.05, 0) is 26.0 Å². The Morgan fingerprint density at radius 1 is 1.53 bits per heavy atom. The van der Waals surface area contributed by atoms with Gasteiger partial charge >= 0.3 is 0 Å². The fourth-order valence-corrected chi connectivity index (χ4v) is 1.45. The summed E-state index contributed by atoms with van der Waals surface area (Å²) in [7, 11) is 1.87. The molecule has 1 atom stereocenters. The van der Waals surface area contributed by atoms with E-state index in [2.05, 4.69) is 0 Å². The van der Waals surface area contributed by atoms with Gasteiger partial charge in [0.25, 0.3) is 0 Å². The zero-order valence-electron chi connectivity index (χ0n) is 9.40. The molecule has 1 rings (SSSR count). The van der Waals surface area contributed by atoms with E-state index in [1.54, 1.807) is 0 Å². The third-order valence-corrected chi connectivity index (χ3v) is 2.62. The van der Waals surface area contributed by atoms with Gasteiger partial charge in [-0.25, -0.2) is 0 Å². The predicted octanol–water partition coefficient (Wildman–Crippen LogP) is 1.62. The molecule has 0 amide bonds. The summed E-state index contributed by atoms with van der Waals surface area (Å²) in [6.45, 7) is 3.93. The van der Waals surface area contributed by atoms with Crippen molar-refractivity contribution in [2.24, 2.45) is 0 Å². The van der Waals surface area contributed by atoms with Crippen LogP contribution in [0.3, 0.4) is 0 Å². The van der Waals surface area contributed by atoms with Crippen molar-refractivity contribution in [1.29, 1.82) is 0 Å². The second-order valence-electron chi connectivity index (χ2n) is 3.82. The molecule has 1 unspecified atom stereocenters. The molecule has 1 aromatic rings. The van der Waals surface area contributed by atoms with Gasteiger partial charge in [0.2, 0.25) is 0 Å². The molecule has 82 valence electrons. The lowest BCUT2D eigenvalue weighted by Crippen LogP contribution is -2.32. The zero-order valence-corrected chi connectivity index (χ0v) is 9.40. The van der Waals surface area contributed by atoms with Gasteiger partial charge in [0.1, 0.15) is 0 Å². The SMILES string of the molecule is Cc1ccc(N(C)C(C)CO)c(C=O)c1. The molecule has 3 nitrogen and oxygen atoms in total. The third kappa shape index (κ3) is 2.57. The number of carbonyl (C=O) groups excluding carboxylic acids is 1. The summed E-state index contributed by atoms with van der Waals surface area (Å²) in [5.74, 6) is 0. The molecule has 0 heterocycles. The summed E-state index contributed by atoms with van der Waals surface area (Å²) in [6, 6.07) is 5.73. The molecular weight excluding hydrogens is 190 g/mol. The van der Waals surface area contributed by atoms with Crippen LogP contribution < -0.4 is 4.90 Å². The number of hydrogen-bond acceptors (Lipinski definition) is 3. The molecule has 1 N–H and O–H groups in total. The Morgan fingerprint density at radius 2 is 2.20 bits per heavy atom. The van der Waals surface area contributed by atoms with Gasteiger partial charge in [0.15, 0.2) is 6.29 Å². The van der Waals surface area contributed by atoms with Gasteiger partial charge in [0.05, 0.1) is 6.61 Å². The summed E-state index contributed by atoms with van der Waals surface area (Å²) in [5, 5.41) is 9.05. The molecule has 3 heteroatoms. The van der Waals surface area contributed by atoms with Crippen LogP contribution in [0.4, 0.5) is 5.69 Å². The average molecular weight is 207 g/mol. The largest absolute Gasteiger partial charge is 0.394 e. The summed E-state index contributed by atoms with van der Waals surface area (Å²) in [4.78, 5) is 12.8. The van der Waals surface area contributed by atoms with Crippen LogP contribution in [-0.4, -0.2) is 31.1 Å². The van der Waals surface area contributed by atoms with E-state index in [1.807, 2.05) is 44.0 Å². The normalized spacial score (nSPS) is 12.3. The number of aryl methyl sites for hydroxylation is 1. The van der Waals surface area contributed by atoms with Crippen molar-refractivity contribution in [3.8, 4) is 0 Å². The Bertz CT molecular complexity index is 349. The maximum atomic E-state index is 10.9. The van der Waals surface area contributed by atoms with Gasteiger partial charge in [-0.1, -0.05) is 11.6 Å². The van der Waals surface area contributed by atoms with Gasteiger partial charge in [0, 0.05) is 24.3 Å². The smallest absolute Gasteiger partial charge is 0.152 e. The average Bonchev–Trinajstić information content (AvgIpc) is 2.26. The minimum atomic E-state index is 0.00593. The van der Waals surface area contributed by atoms with Crippen LogP contribution in [0.5, 0.6) is 0 Å². The van der Waals surface area contributed by atoms with Crippen LogP contribution >= 0.6 is 0 Å². The minimum Gasteiger partial charge on any atom is -0.394 e. The first-order chi connectivity index (χ1) is 7.10. The summed E-state index contributed by atoms with van der Waals surface area (Å²) in [5.41, 5.74) is 2.58. The van der Waals surface area contributed by atoms with Gasteiger partial charge in [-0.3, -0.25) is 4.79 Å². The summed E-state index contributed by atoms with van der Waals surface area (Å²) >= 11 is 0. The molecule has 0 aliphatic rings. The Hall–Kier alpha value is -1.35. The van der Waals surface area contributed by atoms with E-state index >= 15 is 0 Å². The van der Waals surface area contributed by atoms with Gasteiger partial charge < -0.3 is 10.0 Å². The third-order valence-electron chi connectivity index (χ3n) is 2.62. The number of carbonyl (C=O) groups is 1. The molecule has 0 fully saturated rings. The second-order valence-corrected chi connectivity index (χ2v) is 3.82. The van der Waals surface area contributed by atoms with Crippen LogP contribution in [0.1, 0.15) is 22.8 Å². The van der Waals surface area contributed by atoms with Crippen molar-refractivity contribution in [3.63, 3.8) is 0 Å². The molecule has 15 heavy (non-hydrogen) atoms. The number of likely N-dealkylation sites (N-methyl/N-ethyl adjacent to an activating group) is 1. The number of aliphatic hydroxyl groups excluding tert-OH is 1. The topological polar surface area (TPSA) is 40.5 Å². The number of nitrogens with zero attached hydrogens (tertiary/aromatic N) is 1. The number of benzene rings is 1. The lowest BCUT2D eigenvalue weighted by molar-refractivity contribution is 0.112. The van der Waals surface area contributed by atoms with E-state index in [0.29, 0.717) is 5.56 Å². The Kier molecular flexibility index (Phi) is 3.86. The van der Waals surface area contributed by atoms with E-state index in [0.717, 1.165) is 17.5 Å². The molecule has 0 saturated carbocycles. The Labute approximate surface area is 90.3 Å². The second kappa shape index (κ2) is 4.94. The number of rotatable bonds is 4. The first-order valence-electron chi connectivity index (χ1n) is 4.99. The van der Waals surface area contributed by atoms with Crippen LogP contribution in [0.25, 0.3) is 0 Å². The van der Waals surface area contributed by atoms with Crippen LogP contribution in [0.2, 0.25) is 0 Å². The minimum absolute atomic E-state index is 0.00593. The predicted molar refractivity (Wildman–Crippen MR) is 61.5 cm³/mol. The fourth-order valence-electron chi connectivity index (χ4n) is 1.45. The highest BCUT2D eigenvalue weighted by Crippen LogP contribution is 2.20. The fraction of sp³-hybridized carbons (Fsp3) is 0.417. The molecule has 0 saturated heterocycles.